The van der Waals surface area contributed by atoms with Crippen LogP contribution in [0, 0.1) is 0 Å². The molecule has 9 rings (SSSR count). The van der Waals surface area contributed by atoms with Crippen LogP contribution in [-0.2, 0) is 9.47 Å². The monoisotopic (exact) mass is 1910 g/mol. The minimum Gasteiger partial charge on any atom is -0.490 e. The molecule has 0 unspecified atom stereocenters. The number of rotatable bonds is 80. The van der Waals surface area contributed by atoms with E-state index in [0.29, 0.717) is 102 Å². The predicted octanol–water partition coefficient (Wildman–Crippen LogP) is 38.0. The fourth-order valence-electron chi connectivity index (χ4n) is 19.8. The van der Waals surface area contributed by atoms with Crippen LogP contribution >= 0.6 is 0 Å². The summed E-state index contributed by atoms with van der Waals surface area (Å²) in [5.74, 6) is 8.68. The molecule has 0 saturated heterocycles. The molecule has 8 aromatic carbocycles. The molecule has 1 heterocycles. The molecule has 0 saturated carbocycles. The SMILES string of the molecule is CCCCCCCCCCOc1cc2c3cc(OCCCCCCCCCC)c(OCCCCCCCCCC)cc3c3cc4c(cc3c2cc1OCCCCCCCCCC)OCCOCCOc1cc2c3cc(OCCCCCCCCCC)c(OCCCCCCCCCC)cc3c3cc(OCCCCCCCCCC)c(OCCCCCCCCCC)cc3c2cc1OCCOCCO4. The third-order valence-corrected chi connectivity index (χ3v) is 28.2. The molecule has 14 nitrogen and oxygen atoms in total. The van der Waals surface area contributed by atoms with Gasteiger partial charge in [0.1, 0.15) is 26.4 Å². The second kappa shape index (κ2) is 73.8. The van der Waals surface area contributed by atoms with Gasteiger partial charge in [-0.2, -0.15) is 0 Å². The van der Waals surface area contributed by atoms with Gasteiger partial charge in [0.05, 0.1) is 79.3 Å². The van der Waals surface area contributed by atoms with E-state index in [9.17, 15) is 0 Å². The molecule has 0 atom stereocenters. The summed E-state index contributed by atoms with van der Waals surface area (Å²) in [6.07, 6.45) is 78.4. The lowest BCUT2D eigenvalue weighted by Gasteiger charge is -2.21. The van der Waals surface area contributed by atoms with E-state index in [-0.39, 0.29) is 26.4 Å². The summed E-state index contributed by atoms with van der Waals surface area (Å²) in [5.41, 5.74) is 0. The quantitative estimate of drug-likeness (QED) is 0.0265. The third-order valence-electron chi connectivity index (χ3n) is 28.2. The van der Waals surface area contributed by atoms with Crippen molar-refractivity contribution in [1.82, 2.24) is 0 Å². The Kier molecular flexibility index (Phi) is 61.2. The lowest BCUT2D eigenvalue weighted by molar-refractivity contribution is 0.0641. The first-order valence-corrected chi connectivity index (χ1v) is 58.2. The Bertz CT molecular complexity index is 3920. The average Bonchev–Trinajstić information content (AvgIpc) is 0.729. The van der Waals surface area contributed by atoms with Gasteiger partial charge >= 0.3 is 0 Å². The van der Waals surface area contributed by atoms with Gasteiger partial charge in [-0.1, -0.05) is 415 Å². The fourth-order valence-corrected chi connectivity index (χ4v) is 19.8. The molecule has 0 amide bonds. The van der Waals surface area contributed by atoms with Gasteiger partial charge in [-0.3, -0.25) is 0 Å². The topological polar surface area (TPSA) is 129 Å². The van der Waals surface area contributed by atoms with Crippen molar-refractivity contribution in [3.8, 4) is 69.0 Å². The van der Waals surface area contributed by atoms with Crippen molar-refractivity contribution in [3.05, 3.63) is 72.8 Å². The third kappa shape index (κ3) is 43.2. The van der Waals surface area contributed by atoms with E-state index in [1.807, 2.05) is 0 Å². The molecule has 0 aromatic heterocycles. The number of fused-ring (bicyclic) bond motifs is 14. The zero-order chi connectivity index (χ0) is 96.8. The molecular weight excluding hydrogens is 1710 g/mol. The molecule has 14 heteroatoms. The van der Waals surface area contributed by atoms with Crippen LogP contribution in [0.3, 0.4) is 0 Å². The van der Waals surface area contributed by atoms with Crippen LogP contribution in [-0.4, -0.2) is 106 Å². The predicted molar refractivity (Wildman–Crippen MR) is 586 cm³/mol. The van der Waals surface area contributed by atoms with Crippen LogP contribution in [0.15, 0.2) is 72.8 Å². The largest absolute Gasteiger partial charge is 0.490 e. The zero-order valence-electron chi connectivity index (χ0n) is 89.2. The van der Waals surface area contributed by atoms with Gasteiger partial charge < -0.3 is 66.3 Å². The molecule has 0 radical (unpaired) electrons. The van der Waals surface area contributed by atoms with Crippen LogP contribution < -0.4 is 56.8 Å². The maximum atomic E-state index is 7.01. The molecule has 1 aliphatic heterocycles. The Hall–Kier alpha value is -7.16. The van der Waals surface area contributed by atoms with Crippen molar-refractivity contribution in [3.63, 3.8) is 0 Å². The van der Waals surface area contributed by atoms with Crippen molar-refractivity contribution in [2.24, 2.45) is 0 Å². The molecule has 0 fully saturated rings. The normalized spacial score (nSPS) is 12.9. The summed E-state index contributed by atoms with van der Waals surface area (Å²) in [4.78, 5) is 0. The van der Waals surface area contributed by atoms with Gasteiger partial charge in [0, 0.05) is 0 Å². The first-order valence-electron chi connectivity index (χ1n) is 58.2. The van der Waals surface area contributed by atoms with Crippen LogP contribution in [0.5, 0.6) is 69.0 Å². The van der Waals surface area contributed by atoms with Crippen molar-refractivity contribution in [2.75, 3.05) is 106 Å². The van der Waals surface area contributed by atoms with Gasteiger partial charge in [-0.05, 0) is 189 Å². The van der Waals surface area contributed by atoms with E-state index in [4.69, 9.17) is 66.3 Å². The highest BCUT2D eigenvalue weighted by Crippen LogP contribution is 2.51. The van der Waals surface area contributed by atoms with Gasteiger partial charge in [-0.15, -0.1) is 0 Å². The Balaban J connectivity index is 1.08. The maximum Gasteiger partial charge on any atom is 0.161 e. The number of hydrogen-bond acceptors (Lipinski definition) is 14. The van der Waals surface area contributed by atoms with E-state index < -0.39 is 0 Å². The van der Waals surface area contributed by atoms with Crippen molar-refractivity contribution in [2.45, 2.75) is 466 Å². The van der Waals surface area contributed by atoms with Crippen LogP contribution in [0.2, 0.25) is 0 Å². The van der Waals surface area contributed by atoms with Gasteiger partial charge in [-0.25, -0.2) is 0 Å². The highest BCUT2D eigenvalue weighted by molar-refractivity contribution is 6.28. The standard InChI is InChI=1S/C124H196O14/c1-9-17-25-33-41-49-57-65-73-127-113-89-101-102-90-114(128-74-66-58-50-42-34-26-18-10-2)118(132-78-70-62-54-46-38-30-22-14-6)94-106(102)110-98-122-121(97-109(110)105(101)93-117(113)131-77-69-61-53-45-37-29-21-13-5)135-85-81-125-83-87-137-123-99-111-107-95-119(133-79-71-63-55-47-39-31-23-15-7)115(129-75-67-59-51-43-35-27-19-11-3)91-103(107)104-92-116(130-76-68-60-52-44-36-28-20-12-4)120(134-80-72-64-56-48-40-32-24-16-8)96-108(104)112(111)100-124(123)138-88-84-126-82-86-136-122/h89-100H,9-88H2,1-8H3. The number of hydrogen-bond donors (Lipinski definition) is 0. The molecule has 0 spiro atoms. The molecule has 138 heavy (non-hydrogen) atoms. The Morgan fingerprint density at radius 3 is 0.370 bits per heavy atom. The maximum absolute atomic E-state index is 7.01. The zero-order valence-corrected chi connectivity index (χ0v) is 89.2. The number of unbranched alkanes of at least 4 members (excludes halogenated alkanes) is 56. The lowest BCUT2D eigenvalue weighted by atomic mass is 9.93. The summed E-state index contributed by atoms with van der Waals surface area (Å²) in [6, 6.07) is 26.8. The molecular formula is C124H196O14. The molecule has 776 valence electrons. The van der Waals surface area contributed by atoms with E-state index >= 15 is 0 Å². The molecule has 0 N–H and O–H groups in total. The van der Waals surface area contributed by atoms with Crippen LogP contribution in [0.1, 0.15) is 466 Å². The van der Waals surface area contributed by atoms with Gasteiger partial charge in [0.25, 0.3) is 0 Å². The lowest BCUT2D eigenvalue weighted by Crippen LogP contribution is -2.15. The fraction of sp³-hybridized carbons (Fsp3) is 0.710. The van der Waals surface area contributed by atoms with Gasteiger partial charge in [0.2, 0.25) is 0 Å². The first kappa shape index (κ1) is 114. The second-order valence-corrected chi connectivity index (χ2v) is 40.3. The highest BCUT2D eigenvalue weighted by atomic mass is 16.6. The highest BCUT2D eigenvalue weighted by Gasteiger charge is 2.25. The van der Waals surface area contributed by atoms with E-state index in [2.05, 4.69) is 128 Å². The smallest absolute Gasteiger partial charge is 0.161 e. The second-order valence-electron chi connectivity index (χ2n) is 40.3. The van der Waals surface area contributed by atoms with Crippen molar-refractivity contribution < 1.29 is 66.3 Å². The molecule has 0 bridgehead atoms. The van der Waals surface area contributed by atoms with Crippen LogP contribution in [0.25, 0.3) is 64.6 Å². The summed E-state index contributed by atoms with van der Waals surface area (Å²) in [7, 11) is 0. The molecule has 1 aliphatic rings. The van der Waals surface area contributed by atoms with Crippen molar-refractivity contribution >= 4 is 64.6 Å². The summed E-state index contributed by atoms with van der Waals surface area (Å²) in [5, 5.41) is 12.5. The van der Waals surface area contributed by atoms with Crippen LogP contribution in [0.4, 0.5) is 0 Å². The molecule has 8 aromatic rings. The number of ether oxygens (including phenoxy) is 14. The van der Waals surface area contributed by atoms with Gasteiger partial charge in [0.15, 0.2) is 69.0 Å². The Morgan fingerprint density at radius 1 is 0.138 bits per heavy atom. The summed E-state index contributed by atoms with van der Waals surface area (Å²) in [6.45, 7) is 25.5. The molecule has 0 aliphatic carbocycles. The summed E-state index contributed by atoms with van der Waals surface area (Å²) < 4.78 is 97.1. The average molecular weight is 1910 g/mol. The first-order chi connectivity index (χ1) is 68.4. The van der Waals surface area contributed by atoms with E-state index in [1.54, 1.807) is 0 Å². The Labute approximate surface area is 839 Å². The number of benzene rings is 8. The van der Waals surface area contributed by atoms with Crippen molar-refractivity contribution in [1.29, 1.82) is 0 Å². The van der Waals surface area contributed by atoms with E-state index in [0.717, 1.165) is 213 Å². The minimum atomic E-state index is 0.262. The minimum absolute atomic E-state index is 0.262. The Morgan fingerprint density at radius 2 is 0.246 bits per heavy atom. The van der Waals surface area contributed by atoms with E-state index in [1.165, 1.54) is 308 Å². The summed E-state index contributed by atoms with van der Waals surface area (Å²) >= 11 is 0.